The largest absolute Gasteiger partial charge is 0.421 e. The van der Waals surface area contributed by atoms with E-state index in [0.29, 0.717) is 23.2 Å². The molecule has 2 unspecified atom stereocenters. The first-order chi connectivity index (χ1) is 17.6. The van der Waals surface area contributed by atoms with Gasteiger partial charge < -0.3 is 5.11 Å². The molecule has 1 aromatic carbocycles. The van der Waals surface area contributed by atoms with Gasteiger partial charge in [0.05, 0.1) is 38.2 Å². The van der Waals surface area contributed by atoms with Gasteiger partial charge in [-0.1, -0.05) is 41.4 Å². The Hall–Kier alpha value is -2.08. The molecule has 0 aliphatic carbocycles. The molecule has 0 saturated carbocycles. The lowest BCUT2D eigenvalue weighted by Gasteiger charge is -2.26. The number of halogens is 5. The molecule has 4 aromatic rings. The van der Waals surface area contributed by atoms with E-state index in [9.17, 15) is 22.5 Å². The van der Waals surface area contributed by atoms with Gasteiger partial charge in [-0.3, -0.25) is 4.98 Å². The highest BCUT2D eigenvalue weighted by atomic mass is 35.5. The highest BCUT2D eigenvalue weighted by Gasteiger charge is 2.51. The maximum atomic E-state index is 13.5. The van der Waals surface area contributed by atoms with Gasteiger partial charge in [0.15, 0.2) is 5.60 Å². The van der Waals surface area contributed by atoms with E-state index in [0.717, 1.165) is 21.0 Å². The van der Waals surface area contributed by atoms with Crippen LogP contribution in [0.1, 0.15) is 49.9 Å². The first-order valence-electron chi connectivity index (χ1n) is 11.4. The summed E-state index contributed by atoms with van der Waals surface area (Å²) in [5.41, 5.74) is -2.11. The van der Waals surface area contributed by atoms with Gasteiger partial charge in [0.25, 0.3) is 0 Å². The summed E-state index contributed by atoms with van der Waals surface area (Å²) in [6.07, 6.45) is -3.62. The first kappa shape index (κ1) is 28.9. The van der Waals surface area contributed by atoms with Crippen LogP contribution in [0, 0.1) is 0 Å². The monoisotopic (exact) mass is 601 g/mol. The maximum Gasteiger partial charge on any atom is 0.421 e. The molecule has 0 fully saturated rings. The standard InChI is InChI=1S/C26H24Cl2F3N3O2S2/c1-24(2,3)38(36)34-22(21-17(27)8-9-20(28)33-21)19-12-14-6-5-7-16(23(14)37-19)18-13-15(10-11-32-18)25(4,35)26(29,30)31/h5-13,22,34-35H,1-4H3/t22-,25?,38?/m0/s1. The normalized spacial score (nSPS) is 15.8. The van der Waals surface area contributed by atoms with Gasteiger partial charge >= 0.3 is 6.18 Å². The fraction of sp³-hybridized carbons (Fsp3) is 0.308. The van der Waals surface area contributed by atoms with Crippen LogP contribution in [0.5, 0.6) is 0 Å². The minimum Gasteiger partial charge on any atom is -0.376 e. The molecular weight excluding hydrogens is 578 g/mol. The molecule has 3 heterocycles. The van der Waals surface area contributed by atoms with Crippen molar-refractivity contribution in [3.05, 3.63) is 81.0 Å². The molecule has 0 saturated heterocycles. The molecule has 2 N–H and O–H groups in total. The van der Waals surface area contributed by atoms with E-state index in [1.807, 2.05) is 32.9 Å². The lowest BCUT2D eigenvalue weighted by molar-refractivity contribution is -0.258. The van der Waals surface area contributed by atoms with Gasteiger partial charge in [-0.2, -0.15) is 13.2 Å². The van der Waals surface area contributed by atoms with Gasteiger partial charge in [0.2, 0.25) is 0 Å². The number of pyridine rings is 2. The van der Waals surface area contributed by atoms with E-state index < -0.39 is 33.6 Å². The zero-order chi connectivity index (χ0) is 28.0. The Morgan fingerprint density at radius 2 is 1.76 bits per heavy atom. The SMILES string of the molecule is CC(C)(C)S(=O)N[C@@H](c1cc2cccc(-c3cc(C(C)(O)C(F)(F)F)ccn3)c2s1)c1nc(Cl)ccc1Cl. The third-order valence-corrected chi connectivity index (χ3v) is 9.23. The Balaban J connectivity index is 1.86. The van der Waals surface area contributed by atoms with Crippen LogP contribution in [0.2, 0.25) is 10.2 Å². The number of rotatable bonds is 6. The summed E-state index contributed by atoms with van der Waals surface area (Å²) in [7, 11) is -1.50. The summed E-state index contributed by atoms with van der Waals surface area (Å²) in [5, 5.41) is 11.5. The smallest absolute Gasteiger partial charge is 0.376 e. The highest BCUT2D eigenvalue weighted by molar-refractivity contribution is 7.84. The summed E-state index contributed by atoms with van der Waals surface area (Å²) < 4.78 is 56.8. The van der Waals surface area contributed by atoms with Gasteiger partial charge in [0.1, 0.15) is 5.15 Å². The fourth-order valence-electron chi connectivity index (χ4n) is 3.64. The molecule has 12 heteroatoms. The number of fused-ring (bicyclic) bond motifs is 1. The molecule has 3 aromatic heterocycles. The number of hydrogen-bond donors (Lipinski definition) is 2. The number of aromatic nitrogens is 2. The molecule has 0 spiro atoms. The number of aliphatic hydroxyl groups is 1. The van der Waals surface area contributed by atoms with Crippen LogP contribution in [-0.2, 0) is 16.6 Å². The molecule has 5 nitrogen and oxygen atoms in total. The number of hydrogen-bond acceptors (Lipinski definition) is 5. The Morgan fingerprint density at radius 3 is 2.42 bits per heavy atom. The second-order valence-electron chi connectivity index (χ2n) is 9.81. The van der Waals surface area contributed by atoms with Crippen molar-refractivity contribution >= 4 is 55.6 Å². The van der Waals surface area contributed by atoms with E-state index in [1.54, 1.807) is 24.3 Å². The van der Waals surface area contributed by atoms with Crippen LogP contribution < -0.4 is 4.72 Å². The van der Waals surface area contributed by atoms with E-state index in [-0.39, 0.29) is 16.4 Å². The topological polar surface area (TPSA) is 75.1 Å². The van der Waals surface area contributed by atoms with Crippen LogP contribution >= 0.6 is 34.5 Å². The van der Waals surface area contributed by atoms with Crippen LogP contribution in [0.4, 0.5) is 13.2 Å². The third-order valence-electron chi connectivity index (χ3n) is 5.89. The Kier molecular flexibility index (Phi) is 7.97. The fourth-order valence-corrected chi connectivity index (χ4v) is 6.13. The molecule has 0 bridgehead atoms. The summed E-state index contributed by atoms with van der Waals surface area (Å²) in [5.74, 6) is 0. The average molecular weight is 603 g/mol. The molecule has 0 aliphatic heterocycles. The lowest BCUT2D eigenvalue weighted by atomic mass is 9.94. The van der Waals surface area contributed by atoms with Crippen molar-refractivity contribution in [3.8, 4) is 11.3 Å². The van der Waals surface area contributed by atoms with Crippen LogP contribution in [0.25, 0.3) is 21.3 Å². The predicted octanol–water partition coefficient (Wildman–Crippen LogP) is 7.58. The van der Waals surface area contributed by atoms with Crippen molar-refractivity contribution in [3.63, 3.8) is 0 Å². The Bertz CT molecular complexity index is 1520. The molecule has 3 atom stereocenters. The number of benzene rings is 1. The van der Waals surface area contributed by atoms with Gasteiger partial charge in [0, 0.05) is 21.3 Å². The van der Waals surface area contributed by atoms with Crippen molar-refractivity contribution < 1.29 is 22.5 Å². The minimum atomic E-state index is -4.86. The molecule has 0 aliphatic rings. The number of nitrogens with zero attached hydrogens (tertiary/aromatic N) is 2. The molecule has 0 amide bonds. The molecule has 0 radical (unpaired) electrons. The highest BCUT2D eigenvalue weighted by Crippen LogP contribution is 2.42. The van der Waals surface area contributed by atoms with Crippen LogP contribution in [0.15, 0.2) is 54.7 Å². The van der Waals surface area contributed by atoms with E-state index >= 15 is 0 Å². The Morgan fingerprint density at radius 1 is 1.05 bits per heavy atom. The zero-order valence-electron chi connectivity index (χ0n) is 20.7. The number of nitrogens with one attached hydrogen (secondary N) is 1. The summed E-state index contributed by atoms with van der Waals surface area (Å²) in [6.45, 7) is 6.20. The number of thiophene rings is 1. The molecule has 38 heavy (non-hydrogen) atoms. The molecule has 4 rings (SSSR count). The van der Waals surface area contributed by atoms with Crippen LogP contribution in [-0.4, -0.2) is 30.2 Å². The molecular formula is C26H24Cl2F3N3O2S2. The van der Waals surface area contributed by atoms with E-state index in [2.05, 4.69) is 14.7 Å². The van der Waals surface area contributed by atoms with Crippen molar-refractivity contribution in [2.24, 2.45) is 0 Å². The van der Waals surface area contributed by atoms with Crippen molar-refractivity contribution in [2.75, 3.05) is 0 Å². The maximum absolute atomic E-state index is 13.5. The van der Waals surface area contributed by atoms with Gasteiger partial charge in [-0.05, 0) is 69.0 Å². The number of alkyl halides is 3. The van der Waals surface area contributed by atoms with Crippen LogP contribution in [0.3, 0.4) is 0 Å². The van der Waals surface area contributed by atoms with E-state index in [4.69, 9.17) is 23.2 Å². The quantitative estimate of drug-likeness (QED) is 0.223. The zero-order valence-corrected chi connectivity index (χ0v) is 23.9. The van der Waals surface area contributed by atoms with Crippen molar-refractivity contribution in [1.29, 1.82) is 0 Å². The second-order valence-corrected chi connectivity index (χ2v) is 13.7. The predicted molar refractivity (Wildman–Crippen MR) is 148 cm³/mol. The minimum absolute atomic E-state index is 0.220. The van der Waals surface area contributed by atoms with Gasteiger partial charge in [-0.25, -0.2) is 13.9 Å². The Labute approximate surface area is 234 Å². The van der Waals surface area contributed by atoms with Crippen molar-refractivity contribution in [1.82, 2.24) is 14.7 Å². The second kappa shape index (κ2) is 10.5. The van der Waals surface area contributed by atoms with E-state index in [1.165, 1.54) is 23.6 Å². The summed E-state index contributed by atoms with van der Waals surface area (Å²) in [4.78, 5) is 9.40. The first-order valence-corrected chi connectivity index (χ1v) is 14.1. The summed E-state index contributed by atoms with van der Waals surface area (Å²) in [6, 6.07) is 12.1. The average Bonchev–Trinajstić information content (AvgIpc) is 3.27. The molecule has 202 valence electrons. The third kappa shape index (κ3) is 5.76. The lowest BCUT2D eigenvalue weighted by Crippen LogP contribution is -2.39. The van der Waals surface area contributed by atoms with Crippen molar-refractivity contribution in [2.45, 2.75) is 50.3 Å². The van der Waals surface area contributed by atoms with Gasteiger partial charge in [-0.15, -0.1) is 11.3 Å². The summed E-state index contributed by atoms with van der Waals surface area (Å²) >= 11 is 14.0.